The monoisotopic (exact) mass is 670 g/mol. The molecule has 0 aromatic rings. The van der Waals surface area contributed by atoms with Crippen molar-refractivity contribution in [3.05, 3.63) is 48.6 Å². The minimum absolute atomic E-state index is 0.0223. The Kier molecular flexibility index (Phi) is 27.8. The Bertz CT molecular complexity index is 939. The molecule has 1 unspecified atom stereocenters. The molecular formula is C36H65NO8P+. The molecule has 0 aromatic heterocycles. The third kappa shape index (κ3) is 31.9. The number of esters is 2. The lowest BCUT2D eigenvalue weighted by Gasteiger charge is -2.24. The van der Waals surface area contributed by atoms with E-state index in [1.807, 2.05) is 21.1 Å². The van der Waals surface area contributed by atoms with E-state index in [1.54, 1.807) is 0 Å². The van der Waals surface area contributed by atoms with Crippen LogP contribution in [0.25, 0.3) is 0 Å². The molecule has 0 amide bonds. The first kappa shape index (κ1) is 44.0. The van der Waals surface area contributed by atoms with Crippen LogP contribution >= 0.6 is 7.82 Å². The molecule has 46 heavy (non-hydrogen) atoms. The number of hydrogen-bond acceptors (Lipinski definition) is 7. The Morgan fingerprint density at radius 1 is 0.696 bits per heavy atom. The normalized spacial score (nSPS) is 14.5. The van der Waals surface area contributed by atoms with Crippen molar-refractivity contribution >= 4 is 19.8 Å². The number of quaternary nitrogens is 1. The fourth-order valence-corrected chi connectivity index (χ4v) is 4.86. The van der Waals surface area contributed by atoms with Crippen LogP contribution in [0.1, 0.15) is 117 Å². The number of nitrogens with zero attached hydrogens (tertiary/aromatic N) is 1. The van der Waals surface area contributed by atoms with Crippen LogP contribution in [0.3, 0.4) is 0 Å². The molecule has 0 aliphatic rings. The second-order valence-corrected chi connectivity index (χ2v) is 14.0. The number of likely N-dealkylation sites (N-methyl/N-ethyl adjacent to an activating group) is 1. The Labute approximate surface area is 280 Å². The molecule has 0 bridgehead atoms. The van der Waals surface area contributed by atoms with E-state index in [0.717, 1.165) is 57.8 Å². The Morgan fingerprint density at radius 2 is 1.24 bits per heavy atom. The van der Waals surface area contributed by atoms with Crippen LogP contribution < -0.4 is 0 Å². The van der Waals surface area contributed by atoms with Gasteiger partial charge in [-0.1, -0.05) is 101 Å². The van der Waals surface area contributed by atoms with Crippen molar-refractivity contribution < 1.29 is 42.1 Å². The lowest BCUT2D eigenvalue weighted by molar-refractivity contribution is -0.870. The van der Waals surface area contributed by atoms with E-state index in [4.69, 9.17) is 18.5 Å². The van der Waals surface area contributed by atoms with E-state index in [9.17, 15) is 19.0 Å². The average Bonchev–Trinajstić information content (AvgIpc) is 2.99. The molecule has 1 N–H and O–H groups in total. The van der Waals surface area contributed by atoms with Crippen molar-refractivity contribution in [2.75, 3.05) is 47.5 Å². The quantitative estimate of drug-likeness (QED) is 0.0266. The molecule has 0 radical (unpaired) electrons. The van der Waals surface area contributed by atoms with Gasteiger partial charge in [0.05, 0.1) is 27.7 Å². The van der Waals surface area contributed by atoms with Gasteiger partial charge in [0.1, 0.15) is 19.8 Å². The van der Waals surface area contributed by atoms with Gasteiger partial charge in [-0.3, -0.25) is 18.6 Å². The number of ether oxygens (including phenoxy) is 2. The van der Waals surface area contributed by atoms with E-state index in [1.165, 1.54) is 25.7 Å². The predicted molar refractivity (Wildman–Crippen MR) is 187 cm³/mol. The maximum Gasteiger partial charge on any atom is 0.472 e. The topological polar surface area (TPSA) is 108 Å². The van der Waals surface area contributed by atoms with Gasteiger partial charge >= 0.3 is 19.8 Å². The third-order valence-corrected chi connectivity index (χ3v) is 7.86. The molecule has 266 valence electrons. The number of hydrogen-bond donors (Lipinski definition) is 1. The highest BCUT2D eigenvalue weighted by Crippen LogP contribution is 2.43. The van der Waals surface area contributed by atoms with Crippen molar-refractivity contribution in [2.24, 2.45) is 0 Å². The molecule has 0 aliphatic carbocycles. The molecule has 2 atom stereocenters. The first-order chi connectivity index (χ1) is 22.0. The van der Waals surface area contributed by atoms with Crippen LogP contribution in [0.4, 0.5) is 0 Å². The summed E-state index contributed by atoms with van der Waals surface area (Å²) >= 11 is 0. The highest BCUT2D eigenvalue weighted by atomic mass is 31.2. The van der Waals surface area contributed by atoms with Gasteiger partial charge in [-0.15, -0.1) is 0 Å². The van der Waals surface area contributed by atoms with E-state index < -0.39 is 26.5 Å². The van der Waals surface area contributed by atoms with Crippen molar-refractivity contribution in [3.63, 3.8) is 0 Å². The fourth-order valence-electron chi connectivity index (χ4n) is 4.12. The summed E-state index contributed by atoms with van der Waals surface area (Å²) in [5.41, 5.74) is 0. The summed E-state index contributed by atoms with van der Waals surface area (Å²) in [5, 5.41) is 0. The first-order valence-corrected chi connectivity index (χ1v) is 18.9. The lowest BCUT2D eigenvalue weighted by atomic mass is 10.1. The third-order valence-electron chi connectivity index (χ3n) is 6.87. The number of phosphoric acid groups is 1. The van der Waals surface area contributed by atoms with Gasteiger partial charge in [0.25, 0.3) is 0 Å². The molecule has 0 heterocycles. The maximum atomic E-state index is 12.5. The van der Waals surface area contributed by atoms with Crippen LogP contribution in [0, 0.1) is 0 Å². The van der Waals surface area contributed by atoms with Gasteiger partial charge in [-0.25, -0.2) is 4.57 Å². The van der Waals surface area contributed by atoms with E-state index in [0.29, 0.717) is 17.4 Å². The summed E-state index contributed by atoms with van der Waals surface area (Å²) in [7, 11) is 1.44. The van der Waals surface area contributed by atoms with Gasteiger partial charge in [0.2, 0.25) is 0 Å². The maximum absolute atomic E-state index is 12.5. The Balaban J connectivity index is 4.56. The summed E-state index contributed by atoms with van der Waals surface area (Å²) in [6.07, 6.45) is 30.4. The molecule has 0 aliphatic heterocycles. The number of unbranched alkanes of at least 4 members (excludes halogenated alkanes) is 8. The van der Waals surface area contributed by atoms with Gasteiger partial charge in [-0.05, 0) is 51.4 Å². The van der Waals surface area contributed by atoms with Crippen molar-refractivity contribution in [1.82, 2.24) is 0 Å². The summed E-state index contributed by atoms with van der Waals surface area (Å²) in [4.78, 5) is 34.9. The molecule has 9 nitrogen and oxygen atoms in total. The molecule has 10 heteroatoms. The average molecular weight is 671 g/mol. The Hall–Kier alpha value is -2.03. The van der Waals surface area contributed by atoms with E-state index in [-0.39, 0.29) is 32.0 Å². The van der Waals surface area contributed by atoms with Gasteiger partial charge < -0.3 is 18.9 Å². The van der Waals surface area contributed by atoms with E-state index >= 15 is 0 Å². The van der Waals surface area contributed by atoms with Crippen LogP contribution in [-0.2, 0) is 32.7 Å². The summed E-state index contributed by atoms with van der Waals surface area (Å²) in [6, 6.07) is 0. The minimum atomic E-state index is -4.37. The number of allylic oxidation sites excluding steroid dienone is 8. The zero-order chi connectivity index (χ0) is 34.4. The zero-order valence-corrected chi connectivity index (χ0v) is 30.4. The van der Waals surface area contributed by atoms with Gasteiger partial charge in [0, 0.05) is 12.8 Å². The highest BCUT2D eigenvalue weighted by molar-refractivity contribution is 7.47. The molecule has 0 saturated heterocycles. The SMILES string of the molecule is CC/C=C/C/C=C/C/C=C/C/C=C/CCCCC(=O)O[C@H](COC(=O)CCCCCCCCC)COP(=O)(O)OCC[N+](C)(C)C. The van der Waals surface area contributed by atoms with Crippen LogP contribution in [0.5, 0.6) is 0 Å². The summed E-state index contributed by atoms with van der Waals surface area (Å²) < 4.78 is 33.9. The molecule has 0 spiro atoms. The zero-order valence-electron chi connectivity index (χ0n) is 29.5. The molecule has 0 saturated carbocycles. The van der Waals surface area contributed by atoms with Crippen LogP contribution in [0.2, 0.25) is 0 Å². The molecular weight excluding hydrogens is 605 g/mol. The molecule has 0 aromatic carbocycles. The van der Waals surface area contributed by atoms with Crippen molar-refractivity contribution in [2.45, 2.75) is 123 Å². The number of carbonyl (C=O) groups is 2. The fraction of sp³-hybridized carbons (Fsp3) is 0.722. The summed E-state index contributed by atoms with van der Waals surface area (Å²) in [5.74, 6) is -0.862. The molecule has 0 fully saturated rings. The Morgan fingerprint density at radius 3 is 1.85 bits per heavy atom. The second kappa shape index (κ2) is 29.1. The molecule has 0 rings (SSSR count). The first-order valence-electron chi connectivity index (χ1n) is 17.4. The van der Waals surface area contributed by atoms with Crippen molar-refractivity contribution in [1.29, 1.82) is 0 Å². The predicted octanol–water partition coefficient (Wildman–Crippen LogP) is 8.79. The van der Waals surface area contributed by atoms with Gasteiger partial charge in [-0.2, -0.15) is 0 Å². The van der Waals surface area contributed by atoms with Crippen molar-refractivity contribution in [3.8, 4) is 0 Å². The highest BCUT2D eigenvalue weighted by Gasteiger charge is 2.27. The van der Waals surface area contributed by atoms with Crippen LogP contribution in [0.15, 0.2) is 48.6 Å². The smallest absolute Gasteiger partial charge is 0.462 e. The van der Waals surface area contributed by atoms with Gasteiger partial charge in [0.15, 0.2) is 6.10 Å². The second-order valence-electron chi connectivity index (χ2n) is 12.5. The summed E-state index contributed by atoms with van der Waals surface area (Å²) in [6.45, 7) is 4.17. The number of phosphoric ester groups is 1. The standard InChI is InChI=1S/C36H64NO8P/c1-6-8-10-12-14-15-16-17-18-19-20-21-23-25-27-29-36(39)45-34(33-44-46(40,41)43-31-30-37(3,4)5)32-42-35(38)28-26-24-22-13-11-9-7-2/h8,10,14-15,17-18,20-21,34H,6-7,9,11-13,16,19,22-33H2,1-5H3/p+1/b10-8+,15-14+,18-17+,21-20+/t34-/m1/s1. The number of rotatable bonds is 30. The number of carbonyl (C=O) groups excluding carboxylic acids is 2. The lowest BCUT2D eigenvalue weighted by Crippen LogP contribution is -2.37. The van der Waals surface area contributed by atoms with Crippen LogP contribution in [-0.4, -0.2) is 74.9 Å². The van der Waals surface area contributed by atoms with E-state index in [2.05, 4.69) is 62.5 Å². The largest absolute Gasteiger partial charge is 0.472 e. The minimum Gasteiger partial charge on any atom is -0.462 e.